The van der Waals surface area contributed by atoms with Gasteiger partial charge in [0.2, 0.25) is 0 Å². The molecule has 1 aromatic heterocycles. The second-order valence-electron chi connectivity index (χ2n) is 3.35. The fourth-order valence-electron chi connectivity index (χ4n) is 1.09. The first kappa shape index (κ1) is 11.2. The summed E-state index contributed by atoms with van der Waals surface area (Å²) >= 11 is 1.53. The van der Waals surface area contributed by atoms with Crippen LogP contribution in [0.25, 0.3) is 0 Å². The number of carbonyl (C=O) groups excluding carboxylic acids is 1. The van der Waals surface area contributed by atoms with E-state index in [-0.39, 0.29) is 5.78 Å². The maximum atomic E-state index is 11.0. The molecule has 0 aromatic carbocycles. The van der Waals surface area contributed by atoms with Crippen molar-refractivity contribution in [2.75, 3.05) is 18.5 Å². The normalized spacial score (nSPS) is 10.2. The molecule has 78 valence electrons. The number of ketones is 1. The average Bonchev–Trinajstić information content (AvgIpc) is 2.62. The molecule has 0 spiro atoms. The van der Waals surface area contributed by atoms with Gasteiger partial charge in [-0.15, -0.1) is 11.3 Å². The van der Waals surface area contributed by atoms with Crippen molar-refractivity contribution < 1.29 is 4.79 Å². The molecular formula is C10H16N2OS. The van der Waals surface area contributed by atoms with Crippen LogP contribution in [0.4, 0.5) is 5.13 Å². The zero-order valence-electron chi connectivity index (χ0n) is 8.91. The van der Waals surface area contributed by atoms with Gasteiger partial charge in [0.25, 0.3) is 0 Å². The number of thiazole rings is 1. The van der Waals surface area contributed by atoms with Gasteiger partial charge in [-0.05, 0) is 6.42 Å². The molecule has 0 radical (unpaired) electrons. The van der Waals surface area contributed by atoms with Crippen molar-refractivity contribution in [2.45, 2.75) is 26.7 Å². The first-order valence-electron chi connectivity index (χ1n) is 4.82. The van der Waals surface area contributed by atoms with E-state index < -0.39 is 0 Å². The summed E-state index contributed by atoms with van der Waals surface area (Å²) in [7, 11) is 2.01. The minimum Gasteiger partial charge on any atom is -0.351 e. The van der Waals surface area contributed by atoms with Gasteiger partial charge in [-0.25, -0.2) is 4.98 Å². The van der Waals surface area contributed by atoms with Gasteiger partial charge < -0.3 is 4.90 Å². The van der Waals surface area contributed by atoms with Crippen LogP contribution < -0.4 is 4.90 Å². The van der Waals surface area contributed by atoms with E-state index in [0.29, 0.717) is 5.69 Å². The van der Waals surface area contributed by atoms with E-state index in [1.165, 1.54) is 17.8 Å². The van der Waals surface area contributed by atoms with Crippen LogP contribution in [0.3, 0.4) is 0 Å². The lowest BCUT2D eigenvalue weighted by Gasteiger charge is -2.14. The predicted octanol–water partition coefficient (Wildman–Crippen LogP) is 2.58. The Kier molecular flexibility index (Phi) is 4.07. The van der Waals surface area contributed by atoms with Gasteiger partial charge in [0.05, 0.1) is 0 Å². The summed E-state index contributed by atoms with van der Waals surface area (Å²) in [5.74, 6) is 0.0383. The first-order chi connectivity index (χ1) is 6.65. The molecule has 4 heteroatoms. The van der Waals surface area contributed by atoms with Crippen molar-refractivity contribution in [3.8, 4) is 0 Å². The third kappa shape index (κ3) is 2.80. The number of hydrogen-bond acceptors (Lipinski definition) is 4. The molecule has 0 aliphatic rings. The minimum absolute atomic E-state index is 0.0383. The van der Waals surface area contributed by atoms with Crippen LogP contribution >= 0.6 is 11.3 Å². The zero-order chi connectivity index (χ0) is 10.6. The molecule has 0 amide bonds. The third-order valence-corrected chi connectivity index (χ3v) is 2.98. The lowest BCUT2D eigenvalue weighted by Crippen LogP contribution is -2.18. The largest absolute Gasteiger partial charge is 0.351 e. The Labute approximate surface area is 88.8 Å². The van der Waals surface area contributed by atoms with Crippen molar-refractivity contribution in [1.82, 2.24) is 4.98 Å². The van der Waals surface area contributed by atoms with E-state index in [4.69, 9.17) is 0 Å². The number of carbonyl (C=O) groups is 1. The van der Waals surface area contributed by atoms with Crippen LogP contribution in [0, 0.1) is 0 Å². The molecule has 0 aliphatic carbocycles. The van der Waals surface area contributed by atoms with Crippen LogP contribution in [0.1, 0.15) is 37.2 Å². The van der Waals surface area contributed by atoms with Crippen LogP contribution in [0.5, 0.6) is 0 Å². The zero-order valence-corrected chi connectivity index (χ0v) is 9.73. The van der Waals surface area contributed by atoms with E-state index in [0.717, 1.165) is 18.1 Å². The highest BCUT2D eigenvalue weighted by atomic mass is 32.1. The molecule has 0 N–H and O–H groups in total. The highest BCUT2D eigenvalue weighted by Gasteiger charge is 2.08. The molecule has 0 saturated heterocycles. The van der Waals surface area contributed by atoms with Gasteiger partial charge in [-0.2, -0.15) is 0 Å². The number of unbranched alkanes of at least 4 members (excludes halogenated alkanes) is 1. The summed E-state index contributed by atoms with van der Waals surface area (Å²) in [6, 6.07) is 0. The molecule has 0 fully saturated rings. The van der Waals surface area contributed by atoms with Gasteiger partial charge in [0.1, 0.15) is 5.69 Å². The SMILES string of the molecule is CCCCN(C)c1nc(C(C)=O)cs1. The van der Waals surface area contributed by atoms with Crippen molar-refractivity contribution in [3.05, 3.63) is 11.1 Å². The molecule has 3 nitrogen and oxygen atoms in total. The topological polar surface area (TPSA) is 33.2 Å². The Bertz CT molecular complexity index is 309. The van der Waals surface area contributed by atoms with E-state index in [2.05, 4.69) is 16.8 Å². The van der Waals surface area contributed by atoms with E-state index >= 15 is 0 Å². The van der Waals surface area contributed by atoms with Gasteiger partial charge in [0.15, 0.2) is 10.9 Å². The van der Waals surface area contributed by atoms with Crippen LogP contribution in [0.2, 0.25) is 0 Å². The molecule has 0 unspecified atom stereocenters. The third-order valence-electron chi connectivity index (χ3n) is 2.03. The molecule has 1 aromatic rings. The number of hydrogen-bond donors (Lipinski definition) is 0. The number of Topliss-reactive ketones (excluding diaryl/α,β-unsaturated/α-hetero) is 1. The van der Waals surface area contributed by atoms with E-state index in [1.807, 2.05) is 12.4 Å². The second-order valence-corrected chi connectivity index (χ2v) is 4.18. The maximum absolute atomic E-state index is 11.0. The maximum Gasteiger partial charge on any atom is 0.185 e. The first-order valence-corrected chi connectivity index (χ1v) is 5.70. The fraction of sp³-hybridized carbons (Fsp3) is 0.600. The number of nitrogens with zero attached hydrogens (tertiary/aromatic N) is 2. The Morgan fingerprint density at radius 2 is 2.36 bits per heavy atom. The summed E-state index contributed by atoms with van der Waals surface area (Å²) in [6.45, 7) is 4.71. The lowest BCUT2D eigenvalue weighted by molar-refractivity contribution is 0.101. The van der Waals surface area contributed by atoms with E-state index in [1.54, 1.807) is 6.92 Å². The molecule has 0 saturated carbocycles. The monoisotopic (exact) mass is 212 g/mol. The number of rotatable bonds is 5. The lowest BCUT2D eigenvalue weighted by atomic mass is 10.3. The number of aromatic nitrogens is 1. The second kappa shape index (κ2) is 5.10. The van der Waals surface area contributed by atoms with Gasteiger partial charge in [-0.3, -0.25) is 4.79 Å². The molecule has 1 rings (SSSR count). The summed E-state index contributed by atoms with van der Waals surface area (Å²) in [6.07, 6.45) is 2.33. The van der Waals surface area contributed by atoms with Crippen LogP contribution in [-0.4, -0.2) is 24.4 Å². The Morgan fingerprint density at radius 1 is 1.64 bits per heavy atom. The predicted molar refractivity (Wildman–Crippen MR) is 60.3 cm³/mol. The van der Waals surface area contributed by atoms with E-state index in [9.17, 15) is 4.79 Å². The highest BCUT2D eigenvalue weighted by Crippen LogP contribution is 2.19. The van der Waals surface area contributed by atoms with Crippen molar-refractivity contribution in [1.29, 1.82) is 0 Å². The quantitative estimate of drug-likeness (QED) is 0.703. The van der Waals surface area contributed by atoms with Gasteiger partial charge in [-0.1, -0.05) is 13.3 Å². The summed E-state index contributed by atoms with van der Waals surface area (Å²) in [4.78, 5) is 17.4. The Morgan fingerprint density at radius 3 is 2.86 bits per heavy atom. The summed E-state index contributed by atoms with van der Waals surface area (Å²) < 4.78 is 0. The standard InChI is InChI=1S/C10H16N2OS/c1-4-5-6-12(3)10-11-9(7-14-10)8(2)13/h7H,4-6H2,1-3H3. The molecule has 0 bridgehead atoms. The van der Waals surface area contributed by atoms with Gasteiger partial charge >= 0.3 is 0 Å². The number of anilines is 1. The van der Waals surface area contributed by atoms with Crippen LogP contribution in [0.15, 0.2) is 5.38 Å². The molecule has 14 heavy (non-hydrogen) atoms. The van der Waals surface area contributed by atoms with Gasteiger partial charge in [0, 0.05) is 25.9 Å². The Balaban J connectivity index is 2.61. The highest BCUT2D eigenvalue weighted by molar-refractivity contribution is 7.13. The smallest absolute Gasteiger partial charge is 0.185 e. The fourth-order valence-corrected chi connectivity index (χ4v) is 1.95. The Hall–Kier alpha value is -0.900. The molecule has 1 heterocycles. The minimum atomic E-state index is 0.0383. The summed E-state index contributed by atoms with van der Waals surface area (Å²) in [5.41, 5.74) is 0.577. The van der Waals surface area contributed by atoms with Crippen molar-refractivity contribution in [3.63, 3.8) is 0 Å². The van der Waals surface area contributed by atoms with Crippen molar-refractivity contribution in [2.24, 2.45) is 0 Å². The van der Waals surface area contributed by atoms with Crippen LogP contribution in [-0.2, 0) is 0 Å². The summed E-state index contributed by atoms with van der Waals surface area (Å²) in [5, 5.41) is 2.75. The molecular weight excluding hydrogens is 196 g/mol. The molecule has 0 aliphatic heterocycles. The van der Waals surface area contributed by atoms with Crippen molar-refractivity contribution >= 4 is 22.3 Å². The molecule has 0 atom stereocenters. The average molecular weight is 212 g/mol.